The van der Waals surface area contributed by atoms with E-state index < -0.39 is 5.41 Å². The second kappa shape index (κ2) is 6.56. The van der Waals surface area contributed by atoms with E-state index in [-0.39, 0.29) is 11.7 Å². The van der Waals surface area contributed by atoms with Crippen LogP contribution in [0.1, 0.15) is 48.8 Å². The van der Waals surface area contributed by atoms with E-state index in [0.717, 1.165) is 31.2 Å². The van der Waals surface area contributed by atoms with Crippen LogP contribution >= 0.6 is 0 Å². The van der Waals surface area contributed by atoms with Gasteiger partial charge >= 0.3 is 0 Å². The lowest BCUT2D eigenvalue weighted by Gasteiger charge is -2.34. The number of halogens is 1. The van der Waals surface area contributed by atoms with Crippen molar-refractivity contribution in [3.05, 3.63) is 34.6 Å². The van der Waals surface area contributed by atoms with E-state index in [1.807, 2.05) is 0 Å². The first-order chi connectivity index (χ1) is 9.98. The number of aryl methyl sites for hydroxylation is 2. The molecule has 1 aliphatic rings. The molecule has 0 unspecified atom stereocenters. The Morgan fingerprint density at radius 1 is 1.24 bits per heavy atom. The summed E-state index contributed by atoms with van der Waals surface area (Å²) in [6.45, 7) is 4.33. The van der Waals surface area contributed by atoms with Crippen molar-refractivity contribution in [2.45, 2.75) is 52.5 Å². The van der Waals surface area contributed by atoms with Crippen molar-refractivity contribution in [2.75, 3.05) is 6.54 Å². The fourth-order valence-electron chi connectivity index (χ4n) is 3.26. The van der Waals surface area contributed by atoms with E-state index in [4.69, 9.17) is 5.73 Å². The first-order valence-corrected chi connectivity index (χ1v) is 7.72. The molecule has 2 rings (SSSR count). The summed E-state index contributed by atoms with van der Waals surface area (Å²) >= 11 is 0. The van der Waals surface area contributed by atoms with Crippen molar-refractivity contribution in [1.29, 1.82) is 0 Å². The second-order valence-corrected chi connectivity index (χ2v) is 6.27. The van der Waals surface area contributed by atoms with Crippen LogP contribution < -0.4 is 11.1 Å². The van der Waals surface area contributed by atoms with Gasteiger partial charge in [0.15, 0.2) is 0 Å². The maximum absolute atomic E-state index is 13.6. The standard InChI is InChI=1S/C17H25FN2O/c1-12-8-14(9-13(2)15(12)18)10-20-16(21)17(11-19)6-4-3-5-7-17/h8-9H,3-7,10-11,19H2,1-2H3,(H,20,21). The van der Waals surface area contributed by atoms with Gasteiger partial charge in [-0.3, -0.25) is 4.79 Å². The zero-order valence-electron chi connectivity index (χ0n) is 13.0. The van der Waals surface area contributed by atoms with E-state index in [9.17, 15) is 9.18 Å². The van der Waals surface area contributed by atoms with E-state index in [1.165, 1.54) is 6.42 Å². The molecule has 1 fully saturated rings. The minimum atomic E-state index is -0.400. The van der Waals surface area contributed by atoms with Gasteiger partial charge in [0.05, 0.1) is 5.41 Å². The summed E-state index contributed by atoms with van der Waals surface area (Å²) in [5.74, 6) is -0.125. The molecule has 0 aliphatic heterocycles. The molecule has 1 aromatic rings. The number of hydrogen-bond acceptors (Lipinski definition) is 2. The average Bonchev–Trinajstić information content (AvgIpc) is 2.50. The van der Waals surface area contributed by atoms with Gasteiger partial charge in [0, 0.05) is 13.1 Å². The van der Waals surface area contributed by atoms with Crippen LogP contribution in [0.25, 0.3) is 0 Å². The molecule has 0 aromatic heterocycles. The van der Waals surface area contributed by atoms with Gasteiger partial charge in [-0.25, -0.2) is 4.39 Å². The second-order valence-electron chi connectivity index (χ2n) is 6.27. The maximum atomic E-state index is 13.6. The number of nitrogens with one attached hydrogen (secondary N) is 1. The fraction of sp³-hybridized carbons (Fsp3) is 0.588. The summed E-state index contributed by atoms with van der Waals surface area (Å²) < 4.78 is 13.6. The van der Waals surface area contributed by atoms with Crippen LogP contribution in [-0.4, -0.2) is 12.5 Å². The highest BCUT2D eigenvalue weighted by Crippen LogP contribution is 2.35. The molecule has 0 heterocycles. The monoisotopic (exact) mass is 292 g/mol. The fourth-order valence-corrected chi connectivity index (χ4v) is 3.26. The zero-order chi connectivity index (χ0) is 15.5. The van der Waals surface area contributed by atoms with Gasteiger partial charge in [0.25, 0.3) is 0 Å². The number of carbonyl (C=O) groups is 1. The molecular weight excluding hydrogens is 267 g/mol. The normalized spacial score (nSPS) is 17.5. The van der Waals surface area contributed by atoms with Gasteiger partial charge < -0.3 is 11.1 Å². The molecule has 1 aromatic carbocycles. The molecule has 1 saturated carbocycles. The Kier molecular flexibility index (Phi) is 4.99. The van der Waals surface area contributed by atoms with Crippen LogP contribution in [-0.2, 0) is 11.3 Å². The number of carbonyl (C=O) groups excluding carboxylic acids is 1. The largest absolute Gasteiger partial charge is 0.352 e. The molecule has 0 spiro atoms. The van der Waals surface area contributed by atoms with Gasteiger partial charge in [-0.1, -0.05) is 31.4 Å². The van der Waals surface area contributed by atoms with Crippen LogP contribution in [0.2, 0.25) is 0 Å². The topological polar surface area (TPSA) is 55.1 Å². The molecular formula is C17H25FN2O. The third-order valence-corrected chi connectivity index (χ3v) is 4.63. The molecule has 4 heteroatoms. The predicted molar refractivity (Wildman–Crippen MR) is 82.3 cm³/mol. The van der Waals surface area contributed by atoms with E-state index in [2.05, 4.69) is 5.32 Å². The summed E-state index contributed by atoms with van der Waals surface area (Å²) in [6, 6.07) is 3.58. The molecule has 3 N–H and O–H groups in total. The Balaban J connectivity index is 2.03. The summed E-state index contributed by atoms with van der Waals surface area (Å²) in [5.41, 5.74) is 7.63. The van der Waals surface area contributed by atoms with Crippen LogP contribution in [0.3, 0.4) is 0 Å². The SMILES string of the molecule is Cc1cc(CNC(=O)C2(CN)CCCCC2)cc(C)c1F. The Bertz CT molecular complexity index is 499. The first kappa shape index (κ1) is 16.0. The molecule has 0 bridgehead atoms. The van der Waals surface area contributed by atoms with Crippen molar-refractivity contribution in [3.63, 3.8) is 0 Å². The highest BCUT2D eigenvalue weighted by atomic mass is 19.1. The van der Waals surface area contributed by atoms with E-state index in [1.54, 1.807) is 26.0 Å². The zero-order valence-corrected chi connectivity index (χ0v) is 13.0. The lowest BCUT2D eigenvalue weighted by atomic mass is 9.73. The van der Waals surface area contributed by atoms with Crippen molar-refractivity contribution >= 4 is 5.91 Å². The van der Waals surface area contributed by atoms with Gasteiger partial charge in [-0.2, -0.15) is 0 Å². The number of hydrogen-bond donors (Lipinski definition) is 2. The van der Waals surface area contributed by atoms with Crippen molar-refractivity contribution in [2.24, 2.45) is 11.1 Å². The summed E-state index contributed by atoms with van der Waals surface area (Å²) in [6.07, 6.45) is 5.07. The molecule has 0 atom stereocenters. The Hall–Kier alpha value is -1.42. The van der Waals surface area contributed by atoms with Crippen molar-refractivity contribution in [1.82, 2.24) is 5.32 Å². The predicted octanol–water partition coefficient (Wildman–Crippen LogP) is 2.97. The molecule has 3 nitrogen and oxygen atoms in total. The van der Waals surface area contributed by atoms with Crippen molar-refractivity contribution in [3.8, 4) is 0 Å². The minimum absolute atomic E-state index is 0.0457. The number of amides is 1. The highest BCUT2D eigenvalue weighted by Gasteiger charge is 2.37. The molecule has 0 radical (unpaired) electrons. The van der Waals surface area contributed by atoms with Crippen molar-refractivity contribution < 1.29 is 9.18 Å². The van der Waals surface area contributed by atoms with Crippen LogP contribution in [0.4, 0.5) is 4.39 Å². The van der Waals surface area contributed by atoms with E-state index >= 15 is 0 Å². The average molecular weight is 292 g/mol. The quantitative estimate of drug-likeness (QED) is 0.896. The molecule has 116 valence electrons. The van der Waals surface area contributed by atoms with Gasteiger partial charge in [0.1, 0.15) is 5.82 Å². The van der Waals surface area contributed by atoms with Gasteiger partial charge in [-0.15, -0.1) is 0 Å². The van der Waals surface area contributed by atoms with Crippen LogP contribution in [0.15, 0.2) is 12.1 Å². The number of nitrogens with two attached hydrogens (primary N) is 1. The molecule has 21 heavy (non-hydrogen) atoms. The Labute approximate surface area is 126 Å². The van der Waals surface area contributed by atoms with Gasteiger partial charge in [0.2, 0.25) is 5.91 Å². The smallest absolute Gasteiger partial charge is 0.227 e. The maximum Gasteiger partial charge on any atom is 0.227 e. The lowest BCUT2D eigenvalue weighted by Crippen LogP contribution is -2.46. The molecule has 0 saturated heterocycles. The Morgan fingerprint density at radius 2 is 1.81 bits per heavy atom. The molecule has 1 aliphatic carbocycles. The minimum Gasteiger partial charge on any atom is -0.352 e. The third kappa shape index (κ3) is 3.43. The van der Waals surface area contributed by atoms with Gasteiger partial charge in [-0.05, 0) is 43.4 Å². The highest BCUT2D eigenvalue weighted by molar-refractivity contribution is 5.83. The van der Waals surface area contributed by atoms with Crippen LogP contribution in [0.5, 0.6) is 0 Å². The Morgan fingerprint density at radius 3 is 2.33 bits per heavy atom. The molecule has 1 amide bonds. The van der Waals surface area contributed by atoms with E-state index in [0.29, 0.717) is 24.2 Å². The third-order valence-electron chi connectivity index (χ3n) is 4.63. The van der Waals surface area contributed by atoms with Crippen LogP contribution in [0, 0.1) is 25.1 Å². The number of benzene rings is 1. The summed E-state index contributed by atoms with van der Waals surface area (Å²) in [7, 11) is 0. The first-order valence-electron chi connectivity index (χ1n) is 7.72. The summed E-state index contributed by atoms with van der Waals surface area (Å²) in [4.78, 5) is 12.5. The lowest BCUT2D eigenvalue weighted by molar-refractivity contribution is -0.132. The summed E-state index contributed by atoms with van der Waals surface area (Å²) in [5, 5.41) is 2.99. The number of rotatable bonds is 4.